The third-order valence-electron chi connectivity index (χ3n) is 6.81. The Labute approximate surface area is 178 Å². The largest absolute Gasteiger partial charge is 0.441 e. The van der Waals surface area contributed by atoms with Gasteiger partial charge in [-0.1, -0.05) is 0 Å². The van der Waals surface area contributed by atoms with E-state index in [4.69, 9.17) is 4.74 Å². The molecule has 4 rings (SSSR count). The summed E-state index contributed by atoms with van der Waals surface area (Å²) in [7, 11) is 4.29. The second-order valence-electron chi connectivity index (χ2n) is 9.06. The van der Waals surface area contributed by atoms with Gasteiger partial charge in [-0.2, -0.15) is 0 Å². The number of likely N-dealkylation sites (N-methyl/N-ethyl adjacent to an activating group) is 1. The third-order valence-corrected chi connectivity index (χ3v) is 6.81. The van der Waals surface area contributed by atoms with Crippen LogP contribution in [0.15, 0.2) is 24.5 Å². The van der Waals surface area contributed by atoms with Crippen molar-refractivity contribution in [1.29, 1.82) is 0 Å². The van der Waals surface area contributed by atoms with Gasteiger partial charge in [0.1, 0.15) is 5.60 Å². The molecule has 0 saturated carbocycles. The molecule has 3 fully saturated rings. The van der Waals surface area contributed by atoms with Crippen molar-refractivity contribution in [3.05, 3.63) is 30.1 Å². The summed E-state index contributed by atoms with van der Waals surface area (Å²) in [5.41, 5.74) is 0.222. The fourth-order valence-electron chi connectivity index (χ4n) is 4.84. The standard InChI is InChI=1S/C22H33N5O3/c1-24(2)19-6-13-25(16-19)11-3-12-27-17-22(30-21(27)29)7-14-26(15-8-22)20(28)18-4-9-23-10-5-18/h4-5,9-10,19H,3,6-8,11-17H2,1-2H3. The lowest BCUT2D eigenvalue weighted by molar-refractivity contribution is 0.00313. The molecule has 2 amide bonds. The van der Waals surface area contributed by atoms with Gasteiger partial charge in [-0.15, -0.1) is 0 Å². The van der Waals surface area contributed by atoms with Crippen LogP contribution in [0, 0.1) is 0 Å². The van der Waals surface area contributed by atoms with Crippen molar-refractivity contribution >= 4 is 12.0 Å². The molecule has 0 bridgehead atoms. The number of hydrogen-bond donors (Lipinski definition) is 0. The van der Waals surface area contributed by atoms with Crippen molar-refractivity contribution in [3.8, 4) is 0 Å². The lowest BCUT2D eigenvalue weighted by Gasteiger charge is -2.37. The average molecular weight is 416 g/mol. The summed E-state index contributed by atoms with van der Waals surface area (Å²) in [6, 6.07) is 4.13. The Morgan fingerprint density at radius 2 is 1.93 bits per heavy atom. The second kappa shape index (κ2) is 8.89. The molecule has 3 saturated heterocycles. The van der Waals surface area contributed by atoms with Gasteiger partial charge in [0, 0.05) is 63.0 Å². The van der Waals surface area contributed by atoms with Crippen LogP contribution in [0.25, 0.3) is 0 Å². The maximum atomic E-state index is 12.6. The first-order valence-corrected chi connectivity index (χ1v) is 11.0. The van der Waals surface area contributed by atoms with Crippen molar-refractivity contribution in [3.63, 3.8) is 0 Å². The number of nitrogens with zero attached hydrogens (tertiary/aromatic N) is 5. The Hall–Kier alpha value is -2.19. The van der Waals surface area contributed by atoms with E-state index in [0.717, 1.165) is 32.6 Å². The van der Waals surface area contributed by atoms with E-state index in [-0.39, 0.29) is 12.0 Å². The summed E-state index contributed by atoms with van der Waals surface area (Å²) < 4.78 is 5.83. The van der Waals surface area contributed by atoms with Crippen LogP contribution in [-0.2, 0) is 4.74 Å². The SMILES string of the molecule is CN(C)C1CCN(CCCN2CC3(CCN(C(=O)c4ccncc4)CC3)OC2=O)C1. The molecule has 1 aromatic heterocycles. The van der Waals surface area contributed by atoms with E-state index in [1.807, 2.05) is 9.80 Å². The van der Waals surface area contributed by atoms with E-state index in [0.29, 0.717) is 44.1 Å². The van der Waals surface area contributed by atoms with Crippen LogP contribution in [-0.4, -0.2) is 108 Å². The molecule has 4 heterocycles. The number of hydrogen-bond acceptors (Lipinski definition) is 6. The van der Waals surface area contributed by atoms with E-state index in [9.17, 15) is 9.59 Å². The zero-order chi connectivity index (χ0) is 21.1. The lowest BCUT2D eigenvalue weighted by atomic mass is 9.91. The van der Waals surface area contributed by atoms with E-state index < -0.39 is 5.60 Å². The highest BCUT2D eigenvalue weighted by atomic mass is 16.6. The molecule has 1 aromatic rings. The van der Waals surface area contributed by atoms with E-state index in [1.54, 1.807) is 24.5 Å². The summed E-state index contributed by atoms with van der Waals surface area (Å²) in [6.45, 7) is 5.88. The monoisotopic (exact) mass is 415 g/mol. The van der Waals surface area contributed by atoms with Gasteiger partial charge in [-0.05, 0) is 52.2 Å². The summed E-state index contributed by atoms with van der Waals surface area (Å²) in [4.78, 5) is 37.6. The smallest absolute Gasteiger partial charge is 0.410 e. The highest BCUT2D eigenvalue weighted by Crippen LogP contribution is 2.33. The number of rotatable bonds is 6. The van der Waals surface area contributed by atoms with Crippen molar-refractivity contribution in [2.75, 3.05) is 59.9 Å². The molecular formula is C22H33N5O3. The minimum Gasteiger partial charge on any atom is -0.441 e. The zero-order valence-corrected chi connectivity index (χ0v) is 18.1. The average Bonchev–Trinajstić information content (AvgIpc) is 3.34. The van der Waals surface area contributed by atoms with Gasteiger partial charge in [-0.25, -0.2) is 4.79 Å². The number of carbonyl (C=O) groups excluding carboxylic acids is 2. The van der Waals surface area contributed by atoms with Crippen LogP contribution in [0.4, 0.5) is 4.79 Å². The van der Waals surface area contributed by atoms with E-state index in [1.165, 1.54) is 6.42 Å². The van der Waals surface area contributed by atoms with Crippen molar-refractivity contribution < 1.29 is 14.3 Å². The van der Waals surface area contributed by atoms with Crippen LogP contribution in [0.1, 0.15) is 36.0 Å². The lowest BCUT2D eigenvalue weighted by Crippen LogP contribution is -2.48. The van der Waals surface area contributed by atoms with E-state index >= 15 is 0 Å². The minimum atomic E-state index is -0.435. The first kappa shape index (κ1) is 21.1. The van der Waals surface area contributed by atoms with Gasteiger partial charge in [0.05, 0.1) is 6.54 Å². The molecule has 3 aliphatic rings. The molecule has 30 heavy (non-hydrogen) atoms. The summed E-state index contributed by atoms with van der Waals surface area (Å²) in [5.74, 6) is 0.0232. The molecule has 0 radical (unpaired) electrons. The third kappa shape index (κ3) is 4.59. The van der Waals surface area contributed by atoms with Gasteiger partial charge in [0.15, 0.2) is 0 Å². The molecule has 1 spiro atoms. The second-order valence-corrected chi connectivity index (χ2v) is 9.06. The molecular weight excluding hydrogens is 382 g/mol. The van der Waals surface area contributed by atoms with Gasteiger partial charge in [0.25, 0.3) is 5.91 Å². The predicted octanol–water partition coefficient (Wildman–Crippen LogP) is 1.53. The Morgan fingerprint density at radius 3 is 2.60 bits per heavy atom. The highest BCUT2D eigenvalue weighted by Gasteiger charge is 2.47. The molecule has 1 atom stereocenters. The first-order valence-electron chi connectivity index (χ1n) is 11.0. The number of aromatic nitrogens is 1. The summed E-state index contributed by atoms with van der Waals surface area (Å²) in [5, 5.41) is 0. The number of likely N-dealkylation sites (tertiary alicyclic amines) is 2. The van der Waals surface area contributed by atoms with Crippen LogP contribution in [0.5, 0.6) is 0 Å². The summed E-state index contributed by atoms with van der Waals surface area (Å²) >= 11 is 0. The Bertz CT molecular complexity index is 748. The van der Waals surface area contributed by atoms with Crippen molar-refractivity contribution in [1.82, 2.24) is 24.6 Å². The molecule has 8 nitrogen and oxygen atoms in total. The normalized spacial score (nSPS) is 24.1. The maximum absolute atomic E-state index is 12.6. The molecule has 1 unspecified atom stereocenters. The molecule has 8 heteroatoms. The maximum Gasteiger partial charge on any atom is 0.410 e. The molecule has 0 N–H and O–H groups in total. The number of ether oxygens (including phenoxy) is 1. The van der Waals surface area contributed by atoms with Crippen LogP contribution < -0.4 is 0 Å². The van der Waals surface area contributed by atoms with Gasteiger partial charge in [-0.3, -0.25) is 9.78 Å². The van der Waals surface area contributed by atoms with Crippen LogP contribution in [0.2, 0.25) is 0 Å². The van der Waals surface area contributed by atoms with E-state index in [2.05, 4.69) is 28.9 Å². The number of piperidine rings is 1. The topological polar surface area (TPSA) is 69.2 Å². The Kier molecular flexibility index (Phi) is 6.24. The molecule has 0 aliphatic carbocycles. The molecule has 164 valence electrons. The number of pyridine rings is 1. The molecule has 3 aliphatic heterocycles. The van der Waals surface area contributed by atoms with Crippen LogP contribution >= 0.6 is 0 Å². The van der Waals surface area contributed by atoms with Crippen molar-refractivity contribution in [2.24, 2.45) is 0 Å². The fraction of sp³-hybridized carbons (Fsp3) is 0.682. The minimum absolute atomic E-state index is 0.0232. The number of amides is 2. The van der Waals surface area contributed by atoms with Crippen LogP contribution in [0.3, 0.4) is 0 Å². The zero-order valence-electron chi connectivity index (χ0n) is 18.1. The number of carbonyl (C=O) groups is 2. The van der Waals surface area contributed by atoms with Crippen molar-refractivity contribution in [2.45, 2.75) is 37.3 Å². The Balaban J connectivity index is 1.22. The van der Waals surface area contributed by atoms with Gasteiger partial charge >= 0.3 is 6.09 Å². The Morgan fingerprint density at radius 1 is 1.20 bits per heavy atom. The molecule has 0 aromatic carbocycles. The quantitative estimate of drug-likeness (QED) is 0.702. The predicted molar refractivity (Wildman–Crippen MR) is 113 cm³/mol. The fourth-order valence-corrected chi connectivity index (χ4v) is 4.84. The van der Waals surface area contributed by atoms with Gasteiger partial charge < -0.3 is 24.3 Å². The van der Waals surface area contributed by atoms with Gasteiger partial charge in [0.2, 0.25) is 0 Å². The summed E-state index contributed by atoms with van der Waals surface area (Å²) in [6.07, 6.45) is 6.66. The highest BCUT2D eigenvalue weighted by molar-refractivity contribution is 5.94. The first-order chi connectivity index (χ1) is 14.5.